The lowest BCUT2D eigenvalue weighted by Gasteiger charge is -2.19. The molecule has 0 N–H and O–H groups in total. The molecule has 0 radical (unpaired) electrons. The number of esters is 1. The van der Waals surface area contributed by atoms with E-state index in [4.69, 9.17) is 9.72 Å². The molecule has 2 aliphatic carbocycles. The highest BCUT2D eigenvalue weighted by atomic mass is 16.5. The van der Waals surface area contributed by atoms with Crippen molar-refractivity contribution in [2.24, 2.45) is 23.7 Å². The van der Waals surface area contributed by atoms with Gasteiger partial charge in [-0.25, -0.2) is 9.78 Å². The van der Waals surface area contributed by atoms with Crippen molar-refractivity contribution < 1.29 is 23.9 Å². The minimum atomic E-state index is -0.614. The van der Waals surface area contributed by atoms with Gasteiger partial charge in [-0.3, -0.25) is 19.3 Å². The van der Waals surface area contributed by atoms with Gasteiger partial charge >= 0.3 is 5.97 Å². The topological polar surface area (TPSA) is 93.6 Å². The van der Waals surface area contributed by atoms with Crippen LogP contribution in [0, 0.1) is 30.6 Å². The van der Waals surface area contributed by atoms with Gasteiger partial charge in [0.15, 0.2) is 12.4 Å². The maximum absolute atomic E-state index is 13.2. The fourth-order valence-corrected chi connectivity index (χ4v) is 6.97. The Balaban J connectivity index is 1.14. The number of fused-ring (bicyclic) bond motifs is 6. The Bertz CT molecular complexity index is 1700. The summed E-state index contributed by atoms with van der Waals surface area (Å²) < 4.78 is 5.44. The zero-order valence-electron chi connectivity index (χ0n) is 22.6. The van der Waals surface area contributed by atoms with E-state index in [0.29, 0.717) is 45.2 Å². The van der Waals surface area contributed by atoms with Crippen molar-refractivity contribution >= 4 is 40.2 Å². The van der Waals surface area contributed by atoms with Crippen LogP contribution in [0.3, 0.4) is 0 Å². The van der Waals surface area contributed by atoms with Crippen LogP contribution in [0.4, 0.5) is 5.69 Å². The van der Waals surface area contributed by atoms with Gasteiger partial charge in [0.1, 0.15) is 0 Å². The van der Waals surface area contributed by atoms with Crippen LogP contribution < -0.4 is 4.90 Å². The summed E-state index contributed by atoms with van der Waals surface area (Å²) in [6, 6.07) is 23.2. The largest absolute Gasteiger partial charge is 0.454 e. The number of imide groups is 1. The number of Topliss-reactive ketones (excluding diaryl/α,β-unsaturated/α-hetero) is 1. The predicted molar refractivity (Wildman–Crippen MR) is 153 cm³/mol. The minimum Gasteiger partial charge on any atom is -0.454 e. The van der Waals surface area contributed by atoms with Crippen molar-refractivity contribution in [1.82, 2.24) is 4.98 Å². The standard InChI is InChI=1S/C34H28N2O5/c1-19-6-8-21(9-7-19)29(37)18-41-34(40)26-17-28(35-27-5-3-2-4-25(26)27)20-12-14-24(15-13-20)36-32(38)30-22-10-11-23(16-22)31(30)33(36)39/h2-9,12-15,17,22-23,30-31H,10-11,16,18H2,1H3/t22-,23+,30-,31-/m0/s1. The highest BCUT2D eigenvalue weighted by Crippen LogP contribution is 2.56. The predicted octanol–water partition coefficient (Wildman–Crippen LogP) is 5.79. The molecule has 1 aliphatic heterocycles. The molecule has 7 rings (SSSR count). The summed E-state index contributed by atoms with van der Waals surface area (Å²) >= 11 is 0. The van der Waals surface area contributed by atoms with E-state index in [1.54, 1.807) is 36.4 Å². The van der Waals surface area contributed by atoms with Crippen molar-refractivity contribution in [3.8, 4) is 11.3 Å². The lowest BCUT2D eigenvalue weighted by Crippen LogP contribution is -2.32. The molecule has 2 saturated carbocycles. The van der Waals surface area contributed by atoms with Crippen molar-refractivity contribution in [2.45, 2.75) is 26.2 Å². The third kappa shape index (κ3) is 4.24. The van der Waals surface area contributed by atoms with Gasteiger partial charge in [-0.2, -0.15) is 0 Å². The first-order valence-electron chi connectivity index (χ1n) is 14.0. The molecule has 2 amide bonds. The quantitative estimate of drug-likeness (QED) is 0.173. The summed E-state index contributed by atoms with van der Waals surface area (Å²) in [6.07, 6.45) is 3.07. The average molecular weight is 545 g/mol. The van der Waals surface area contributed by atoms with Crippen LogP contribution in [0.2, 0.25) is 0 Å². The van der Waals surface area contributed by atoms with E-state index >= 15 is 0 Å². The first-order chi connectivity index (χ1) is 19.9. The molecular formula is C34H28N2O5. The molecular weight excluding hydrogens is 516 g/mol. The van der Waals surface area contributed by atoms with E-state index in [1.165, 1.54) is 4.90 Å². The summed E-state index contributed by atoms with van der Waals surface area (Å²) in [4.78, 5) is 58.4. The lowest BCUT2D eigenvalue weighted by molar-refractivity contribution is -0.123. The monoisotopic (exact) mass is 544 g/mol. The van der Waals surface area contributed by atoms with E-state index in [-0.39, 0.29) is 36.0 Å². The van der Waals surface area contributed by atoms with E-state index < -0.39 is 5.97 Å². The maximum Gasteiger partial charge on any atom is 0.339 e. The van der Waals surface area contributed by atoms with Gasteiger partial charge in [0, 0.05) is 16.5 Å². The van der Waals surface area contributed by atoms with E-state index in [1.807, 2.05) is 49.4 Å². The molecule has 0 unspecified atom stereocenters. The normalized spacial score (nSPS) is 22.8. The van der Waals surface area contributed by atoms with Crippen LogP contribution >= 0.6 is 0 Å². The van der Waals surface area contributed by atoms with Crippen LogP contribution in [0.15, 0.2) is 78.9 Å². The van der Waals surface area contributed by atoms with Crippen molar-refractivity contribution in [3.05, 3.63) is 95.6 Å². The zero-order valence-corrected chi connectivity index (χ0v) is 22.6. The van der Waals surface area contributed by atoms with Crippen molar-refractivity contribution in [2.75, 3.05) is 11.5 Å². The van der Waals surface area contributed by atoms with Gasteiger partial charge < -0.3 is 4.74 Å². The van der Waals surface area contributed by atoms with Crippen molar-refractivity contribution in [1.29, 1.82) is 0 Å². The number of pyridine rings is 1. The van der Waals surface area contributed by atoms with Gasteiger partial charge in [-0.05, 0) is 62.3 Å². The van der Waals surface area contributed by atoms with Gasteiger partial charge in [0.2, 0.25) is 11.8 Å². The number of ketones is 1. The molecule has 3 aliphatic rings. The third-order valence-electron chi connectivity index (χ3n) is 8.99. The van der Waals surface area contributed by atoms with Crippen LogP contribution in [-0.4, -0.2) is 35.2 Å². The van der Waals surface area contributed by atoms with Crippen LogP contribution in [0.5, 0.6) is 0 Å². The SMILES string of the molecule is Cc1ccc(C(=O)COC(=O)c2cc(-c3ccc(N4C(=O)[C@H]5[C@@H]6CC[C@@H](C6)[C@@H]5C4=O)cc3)nc3ccccc23)cc1. The number of amides is 2. The number of anilines is 1. The molecule has 1 saturated heterocycles. The van der Waals surface area contributed by atoms with E-state index in [0.717, 1.165) is 30.4 Å². The molecule has 3 aromatic carbocycles. The van der Waals surface area contributed by atoms with E-state index in [2.05, 4.69) is 0 Å². The maximum atomic E-state index is 13.2. The Morgan fingerprint density at radius 2 is 1.54 bits per heavy atom. The number of hydrogen-bond donors (Lipinski definition) is 0. The van der Waals surface area contributed by atoms with Gasteiger partial charge in [-0.15, -0.1) is 0 Å². The number of benzene rings is 3. The Labute approximate surface area is 237 Å². The molecule has 0 spiro atoms. The highest BCUT2D eigenvalue weighted by Gasteiger charge is 2.61. The Morgan fingerprint density at radius 3 is 2.22 bits per heavy atom. The molecule has 7 heteroatoms. The number of carbonyl (C=O) groups excluding carboxylic acids is 4. The molecule has 1 aromatic heterocycles. The molecule has 41 heavy (non-hydrogen) atoms. The molecule has 2 heterocycles. The average Bonchev–Trinajstić information content (AvgIpc) is 3.69. The van der Waals surface area contributed by atoms with E-state index in [9.17, 15) is 19.2 Å². The molecule has 3 fully saturated rings. The molecule has 7 nitrogen and oxygen atoms in total. The summed E-state index contributed by atoms with van der Waals surface area (Å²) in [6.45, 7) is 1.57. The second-order valence-electron chi connectivity index (χ2n) is 11.4. The van der Waals surface area contributed by atoms with Crippen LogP contribution in [0.1, 0.15) is 45.5 Å². The lowest BCUT2D eigenvalue weighted by atomic mass is 9.81. The Morgan fingerprint density at radius 1 is 0.878 bits per heavy atom. The fourth-order valence-electron chi connectivity index (χ4n) is 6.97. The number of nitrogens with zero attached hydrogens (tertiary/aromatic N) is 2. The number of para-hydroxylation sites is 1. The summed E-state index contributed by atoms with van der Waals surface area (Å²) in [5, 5.41) is 0.620. The molecule has 204 valence electrons. The first kappa shape index (κ1) is 25.3. The summed E-state index contributed by atoms with van der Waals surface area (Å²) in [5.74, 6) is -0.727. The number of carbonyl (C=O) groups is 4. The summed E-state index contributed by atoms with van der Waals surface area (Å²) in [5.41, 5.74) is 4.27. The Kier molecular flexibility index (Phi) is 6.03. The van der Waals surface area contributed by atoms with Crippen molar-refractivity contribution in [3.63, 3.8) is 0 Å². The number of hydrogen-bond acceptors (Lipinski definition) is 6. The zero-order chi connectivity index (χ0) is 28.2. The minimum absolute atomic E-state index is 0.0750. The fraction of sp³-hybridized carbons (Fsp3) is 0.265. The number of ether oxygens (including phenoxy) is 1. The second kappa shape index (κ2) is 9.77. The smallest absolute Gasteiger partial charge is 0.339 e. The summed E-state index contributed by atoms with van der Waals surface area (Å²) in [7, 11) is 0. The van der Waals surface area contributed by atoms with Gasteiger partial charge in [-0.1, -0.05) is 60.2 Å². The molecule has 2 bridgehead atoms. The number of aromatic nitrogens is 1. The highest BCUT2D eigenvalue weighted by molar-refractivity contribution is 6.22. The number of rotatable bonds is 6. The third-order valence-corrected chi connectivity index (χ3v) is 8.99. The molecule has 4 atom stereocenters. The molecule has 4 aromatic rings. The Hall–Kier alpha value is -4.65. The van der Waals surface area contributed by atoms with Crippen LogP contribution in [0.25, 0.3) is 22.2 Å². The van der Waals surface area contributed by atoms with Crippen LogP contribution in [-0.2, 0) is 14.3 Å². The number of aryl methyl sites for hydroxylation is 1. The second-order valence-corrected chi connectivity index (χ2v) is 11.4. The van der Waals surface area contributed by atoms with Gasteiger partial charge in [0.25, 0.3) is 0 Å². The van der Waals surface area contributed by atoms with Gasteiger partial charge in [0.05, 0.1) is 34.3 Å². The first-order valence-corrected chi connectivity index (χ1v) is 14.0.